The summed E-state index contributed by atoms with van der Waals surface area (Å²) in [5.74, 6) is -1.36. The first-order valence-corrected chi connectivity index (χ1v) is 5.27. The summed E-state index contributed by atoms with van der Waals surface area (Å²) in [6.07, 6.45) is -4.79. The molecule has 0 unspecified atom stereocenters. The van der Waals surface area contributed by atoms with Gasteiger partial charge in [0.15, 0.2) is 0 Å². The van der Waals surface area contributed by atoms with Gasteiger partial charge >= 0.3 is 5.97 Å². The van der Waals surface area contributed by atoms with Gasteiger partial charge in [0.25, 0.3) is 0 Å². The van der Waals surface area contributed by atoms with E-state index in [0.717, 1.165) is 6.07 Å². The average Bonchev–Trinajstić information content (AvgIpc) is 2.76. The summed E-state index contributed by atoms with van der Waals surface area (Å²) in [5, 5.41) is 40.7. The quantitative estimate of drug-likeness (QED) is 0.331. The third-order valence-electron chi connectivity index (χ3n) is 2.51. The van der Waals surface area contributed by atoms with E-state index in [-0.39, 0.29) is 17.1 Å². The van der Waals surface area contributed by atoms with Gasteiger partial charge in [0.1, 0.15) is 29.3 Å². The lowest BCUT2D eigenvalue weighted by Crippen LogP contribution is -2.34. The van der Waals surface area contributed by atoms with Crippen LogP contribution in [0.15, 0.2) is 15.6 Å². The third kappa shape index (κ3) is 3.46. The van der Waals surface area contributed by atoms with E-state index >= 15 is 0 Å². The van der Waals surface area contributed by atoms with Gasteiger partial charge in [0, 0.05) is 4.91 Å². The van der Waals surface area contributed by atoms with Crippen LogP contribution >= 0.6 is 0 Å². The molecule has 1 aromatic rings. The molecule has 1 heterocycles. The van der Waals surface area contributed by atoms with Gasteiger partial charge in [-0.1, -0.05) is 5.11 Å². The highest BCUT2D eigenvalue weighted by Crippen LogP contribution is 2.24. The van der Waals surface area contributed by atoms with Crippen LogP contribution in [0, 0.1) is 6.92 Å². The van der Waals surface area contributed by atoms with E-state index in [1.807, 2.05) is 0 Å². The Labute approximate surface area is 107 Å². The maximum absolute atomic E-state index is 10.8. The van der Waals surface area contributed by atoms with E-state index in [0.29, 0.717) is 0 Å². The van der Waals surface area contributed by atoms with E-state index in [9.17, 15) is 20.1 Å². The maximum atomic E-state index is 10.8. The molecule has 0 aliphatic heterocycles. The standard InChI is InChI=1S/C10H13N3O6/c1-4-5(10(17)18)2-7(19-4)9(16)8(15)6(14)3-12-13-11/h2,6,8-9,14-16H,3H2,1H3,(H,17,18)/t6-,8-,9-/m1/s1. The number of nitrogens with zero attached hydrogens (tertiary/aromatic N) is 3. The molecule has 9 nitrogen and oxygen atoms in total. The van der Waals surface area contributed by atoms with E-state index in [4.69, 9.17) is 15.1 Å². The van der Waals surface area contributed by atoms with E-state index in [1.54, 1.807) is 0 Å². The molecule has 0 aromatic carbocycles. The van der Waals surface area contributed by atoms with Crippen molar-refractivity contribution < 1.29 is 29.6 Å². The number of aryl methyl sites for hydroxylation is 1. The Kier molecular flexibility index (Phi) is 4.90. The first kappa shape index (κ1) is 15.0. The minimum atomic E-state index is -1.67. The Morgan fingerprint density at radius 1 is 1.53 bits per heavy atom. The fraction of sp³-hybridized carbons (Fsp3) is 0.500. The van der Waals surface area contributed by atoms with Gasteiger partial charge in [-0.25, -0.2) is 4.79 Å². The van der Waals surface area contributed by atoms with E-state index in [2.05, 4.69) is 10.0 Å². The predicted molar refractivity (Wildman–Crippen MR) is 61.4 cm³/mol. The van der Waals surface area contributed by atoms with Crippen molar-refractivity contribution in [3.8, 4) is 0 Å². The second kappa shape index (κ2) is 6.21. The molecule has 9 heteroatoms. The second-order valence-electron chi connectivity index (χ2n) is 3.84. The molecule has 1 aromatic heterocycles. The fourth-order valence-electron chi connectivity index (χ4n) is 1.47. The Bertz CT molecular complexity index is 507. The fourth-order valence-corrected chi connectivity index (χ4v) is 1.47. The molecular formula is C10H13N3O6. The van der Waals surface area contributed by atoms with E-state index in [1.165, 1.54) is 6.92 Å². The highest BCUT2D eigenvalue weighted by Gasteiger charge is 2.29. The maximum Gasteiger partial charge on any atom is 0.339 e. The predicted octanol–water partition coefficient (Wildman–Crippen LogP) is 0.352. The molecule has 1 rings (SSSR count). The monoisotopic (exact) mass is 271 g/mol. The number of carboxylic acid groups (broad SMARTS) is 1. The summed E-state index contributed by atoms with van der Waals surface area (Å²) in [5.41, 5.74) is 7.93. The molecule has 0 saturated heterocycles. The van der Waals surface area contributed by atoms with Crippen LogP contribution in [0.5, 0.6) is 0 Å². The van der Waals surface area contributed by atoms with Gasteiger partial charge < -0.3 is 24.8 Å². The Morgan fingerprint density at radius 2 is 2.16 bits per heavy atom. The summed E-state index contributed by atoms with van der Waals surface area (Å²) >= 11 is 0. The molecule has 0 fully saturated rings. The summed E-state index contributed by atoms with van der Waals surface area (Å²) < 4.78 is 5.01. The third-order valence-corrected chi connectivity index (χ3v) is 2.51. The van der Waals surface area contributed by atoms with Crippen molar-refractivity contribution in [1.29, 1.82) is 0 Å². The molecule has 0 bridgehead atoms. The minimum Gasteiger partial charge on any atom is -0.478 e. The van der Waals surface area contributed by atoms with Crippen LogP contribution in [-0.4, -0.2) is 45.1 Å². The van der Waals surface area contributed by atoms with Gasteiger partial charge in [0.2, 0.25) is 0 Å². The summed E-state index contributed by atoms with van der Waals surface area (Å²) in [7, 11) is 0. The van der Waals surface area contributed by atoms with Crippen molar-refractivity contribution in [2.75, 3.05) is 6.54 Å². The molecule has 4 N–H and O–H groups in total. The second-order valence-corrected chi connectivity index (χ2v) is 3.84. The van der Waals surface area contributed by atoms with Crippen LogP contribution in [0.4, 0.5) is 0 Å². The first-order chi connectivity index (χ1) is 8.88. The lowest BCUT2D eigenvalue weighted by molar-refractivity contribution is -0.0641. The van der Waals surface area contributed by atoms with Gasteiger partial charge in [-0.2, -0.15) is 0 Å². The zero-order valence-corrected chi connectivity index (χ0v) is 9.96. The van der Waals surface area contributed by atoms with Crippen LogP contribution in [0.3, 0.4) is 0 Å². The lowest BCUT2D eigenvalue weighted by atomic mass is 10.1. The summed E-state index contributed by atoms with van der Waals surface area (Å²) in [6.45, 7) is 0.961. The van der Waals surface area contributed by atoms with Gasteiger partial charge in [0.05, 0.1) is 12.6 Å². The van der Waals surface area contributed by atoms with Crippen molar-refractivity contribution in [2.45, 2.75) is 25.2 Å². The van der Waals surface area contributed by atoms with Crippen LogP contribution in [-0.2, 0) is 0 Å². The number of aliphatic hydroxyl groups excluding tert-OH is 3. The number of hydrogen-bond acceptors (Lipinski definition) is 6. The SMILES string of the molecule is Cc1oc([C@@H](O)[C@H](O)[C@H](O)CN=[N+]=[N-])cc1C(=O)O. The first-order valence-electron chi connectivity index (χ1n) is 5.27. The summed E-state index contributed by atoms with van der Waals surface area (Å²) in [4.78, 5) is 13.2. The zero-order valence-electron chi connectivity index (χ0n) is 9.96. The van der Waals surface area contributed by atoms with Crippen LogP contribution < -0.4 is 0 Å². The van der Waals surface area contributed by atoms with Crippen LogP contribution in [0.2, 0.25) is 0 Å². The Morgan fingerprint density at radius 3 is 2.63 bits per heavy atom. The molecule has 0 amide bonds. The van der Waals surface area contributed by atoms with Crippen molar-refractivity contribution in [3.63, 3.8) is 0 Å². The van der Waals surface area contributed by atoms with Crippen molar-refractivity contribution >= 4 is 5.97 Å². The number of carbonyl (C=O) groups is 1. The Hall–Kier alpha value is -2.06. The molecule has 19 heavy (non-hydrogen) atoms. The number of rotatable bonds is 6. The van der Waals surface area contributed by atoms with Crippen LogP contribution in [0.25, 0.3) is 10.4 Å². The highest BCUT2D eigenvalue weighted by atomic mass is 16.4. The zero-order chi connectivity index (χ0) is 14.6. The topological polar surface area (TPSA) is 160 Å². The summed E-state index contributed by atoms with van der Waals surface area (Å²) in [6, 6.07) is 1.06. The number of furan rings is 1. The highest BCUT2D eigenvalue weighted by molar-refractivity contribution is 5.88. The molecule has 104 valence electrons. The molecule has 3 atom stereocenters. The van der Waals surface area contributed by atoms with E-state index < -0.39 is 30.8 Å². The minimum absolute atomic E-state index is 0.0679. The van der Waals surface area contributed by atoms with Crippen LogP contribution in [0.1, 0.15) is 28.0 Å². The molecule has 0 spiro atoms. The van der Waals surface area contributed by atoms with Crippen molar-refractivity contribution in [3.05, 3.63) is 33.6 Å². The molecule has 0 radical (unpaired) electrons. The molecule has 0 aliphatic rings. The Balaban J connectivity index is 2.87. The molecular weight excluding hydrogens is 258 g/mol. The molecule has 0 aliphatic carbocycles. The smallest absolute Gasteiger partial charge is 0.339 e. The number of hydrogen-bond donors (Lipinski definition) is 4. The molecule has 0 saturated carbocycles. The van der Waals surface area contributed by atoms with Crippen molar-refractivity contribution in [1.82, 2.24) is 0 Å². The van der Waals surface area contributed by atoms with Gasteiger partial charge in [-0.05, 0) is 18.5 Å². The normalized spacial score (nSPS) is 15.4. The van der Waals surface area contributed by atoms with Gasteiger partial charge in [-0.15, -0.1) is 0 Å². The van der Waals surface area contributed by atoms with Gasteiger partial charge in [-0.3, -0.25) is 0 Å². The number of aliphatic hydroxyl groups is 3. The van der Waals surface area contributed by atoms with Crippen molar-refractivity contribution in [2.24, 2.45) is 5.11 Å². The lowest BCUT2D eigenvalue weighted by Gasteiger charge is -2.19. The largest absolute Gasteiger partial charge is 0.478 e. The number of azide groups is 1. The average molecular weight is 271 g/mol. The number of carboxylic acids is 1. The number of aromatic carboxylic acids is 1.